The van der Waals surface area contributed by atoms with E-state index in [0.29, 0.717) is 17.9 Å². The third kappa shape index (κ3) is 5.25. The summed E-state index contributed by atoms with van der Waals surface area (Å²) in [5, 5.41) is 0. The summed E-state index contributed by atoms with van der Waals surface area (Å²) in [6.07, 6.45) is 4.96. The quantitative estimate of drug-likeness (QED) is 0.739. The van der Waals surface area contributed by atoms with Gasteiger partial charge in [0.2, 0.25) is 5.91 Å². The van der Waals surface area contributed by atoms with E-state index >= 15 is 0 Å². The van der Waals surface area contributed by atoms with Crippen molar-refractivity contribution in [1.82, 2.24) is 4.90 Å². The molecule has 0 bridgehead atoms. The first kappa shape index (κ1) is 19.3. The number of hydrogen-bond donors (Lipinski definition) is 0. The Morgan fingerprint density at radius 3 is 2.33 bits per heavy atom. The molecule has 1 heterocycles. The van der Waals surface area contributed by atoms with Crippen molar-refractivity contribution in [3.8, 4) is 11.5 Å². The molecule has 0 unspecified atom stereocenters. The number of benzene rings is 2. The number of carbonyl (C=O) groups excluding carboxylic acids is 1. The van der Waals surface area contributed by atoms with Gasteiger partial charge in [-0.15, -0.1) is 0 Å². The molecule has 2 aromatic carbocycles. The third-order valence-corrected chi connectivity index (χ3v) is 5.45. The molecule has 3 rings (SSSR count). The summed E-state index contributed by atoms with van der Waals surface area (Å²) >= 11 is 0. The van der Waals surface area contributed by atoms with Crippen molar-refractivity contribution in [3.05, 3.63) is 59.7 Å². The van der Waals surface area contributed by atoms with Crippen LogP contribution in [-0.4, -0.2) is 38.1 Å². The highest BCUT2D eigenvalue weighted by atomic mass is 16.5. The van der Waals surface area contributed by atoms with E-state index in [4.69, 9.17) is 9.47 Å². The summed E-state index contributed by atoms with van der Waals surface area (Å²) in [6, 6.07) is 16.3. The molecule has 4 nitrogen and oxygen atoms in total. The van der Waals surface area contributed by atoms with Crippen molar-refractivity contribution in [1.29, 1.82) is 0 Å². The van der Waals surface area contributed by atoms with Crippen LogP contribution in [0.25, 0.3) is 0 Å². The van der Waals surface area contributed by atoms with Crippen LogP contribution in [0, 0.1) is 5.92 Å². The van der Waals surface area contributed by atoms with Crippen LogP contribution < -0.4 is 9.47 Å². The fraction of sp³-hybridized carbons (Fsp3) is 0.435. The highest BCUT2D eigenvalue weighted by molar-refractivity contribution is 5.79. The number of piperidine rings is 1. The van der Waals surface area contributed by atoms with Crippen LogP contribution in [0.15, 0.2) is 48.5 Å². The predicted octanol–water partition coefficient (Wildman–Crippen LogP) is 4.12. The Balaban J connectivity index is 1.47. The molecule has 1 aliphatic heterocycles. The maximum Gasteiger partial charge on any atom is 0.226 e. The van der Waals surface area contributed by atoms with Gasteiger partial charge in [-0.05, 0) is 54.9 Å². The number of methoxy groups -OCH3 is 2. The smallest absolute Gasteiger partial charge is 0.226 e. The summed E-state index contributed by atoms with van der Waals surface area (Å²) in [6.45, 7) is 1.73. The van der Waals surface area contributed by atoms with Crippen LogP contribution >= 0.6 is 0 Å². The van der Waals surface area contributed by atoms with Gasteiger partial charge in [0.05, 0.1) is 20.6 Å². The molecule has 0 atom stereocenters. The molecule has 1 fully saturated rings. The number of rotatable bonds is 7. The second kappa shape index (κ2) is 9.45. The van der Waals surface area contributed by atoms with Gasteiger partial charge in [0.15, 0.2) is 11.5 Å². The Morgan fingerprint density at radius 2 is 1.67 bits per heavy atom. The topological polar surface area (TPSA) is 38.8 Å². The van der Waals surface area contributed by atoms with Gasteiger partial charge in [-0.2, -0.15) is 0 Å². The predicted molar refractivity (Wildman–Crippen MR) is 107 cm³/mol. The first-order valence-corrected chi connectivity index (χ1v) is 9.72. The van der Waals surface area contributed by atoms with Crippen molar-refractivity contribution >= 4 is 5.91 Å². The zero-order chi connectivity index (χ0) is 19.1. The van der Waals surface area contributed by atoms with Gasteiger partial charge in [0.1, 0.15) is 0 Å². The largest absolute Gasteiger partial charge is 0.493 e. The monoisotopic (exact) mass is 367 g/mol. The molecule has 1 amide bonds. The molecule has 0 aliphatic carbocycles. The lowest BCUT2D eigenvalue weighted by atomic mass is 9.90. The molecule has 1 aliphatic rings. The van der Waals surface area contributed by atoms with E-state index in [9.17, 15) is 4.79 Å². The lowest BCUT2D eigenvalue weighted by molar-refractivity contribution is -0.131. The minimum absolute atomic E-state index is 0.198. The molecule has 0 radical (unpaired) electrons. The van der Waals surface area contributed by atoms with Gasteiger partial charge in [-0.25, -0.2) is 0 Å². The SMILES string of the molecule is COc1ccc(CC(=O)N2CCC(CCc3ccccc3)CC2)cc1OC. The molecular formula is C23H29NO3. The van der Waals surface area contributed by atoms with Crippen molar-refractivity contribution in [2.75, 3.05) is 27.3 Å². The van der Waals surface area contributed by atoms with Gasteiger partial charge in [-0.1, -0.05) is 36.4 Å². The molecule has 0 spiro atoms. The highest BCUT2D eigenvalue weighted by Gasteiger charge is 2.23. The summed E-state index contributed by atoms with van der Waals surface area (Å²) in [7, 11) is 3.23. The number of aryl methyl sites for hydroxylation is 1. The van der Waals surface area contributed by atoms with Crippen LogP contribution in [0.4, 0.5) is 0 Å². The fourth-order valence-electron chi connectivity index (χ4n) is 3.76. The van der Waals surface area contributed by atoms with E-state index in [2.05, 4.69) is 30.3 Å². The number of likely N-dealkylation sites (tertiary alicyclic amines) is 1. The van der Waals surface area contributed by atoms with Gasteiger partial charge in [-0.3, -0.25) is 4.79 Å². The van der Waals surface area contributed by atoms with Crippen LogP contribution in [0.2, 0.25) is 0 Å². The second-order valence-corrected chi connectivity index (χ2v) is 7.21. The highest BCUT2D eigenvalue weighted by Crippen LogP contribution is 2.28. The zero-order valence-corrected chi connectivity index (χ0v) is 16.3. The summed E-state index contributed by atoms with van der Waals surface area (Å²) in [5.41, 5.74) is 2.37. The van der Waals surface area contributed by atoms with Crippen molar-refractivity contribution in [2.24, 2.45) is 5.92 Å². The minimum Gasteiger partial charge on any atom is -0.493 e. The maximum absolute atomic E-state index is 12.7. The Hall–Kier alpha value is -2.49. The van der Waals surface area contributed by atoms with Crippen molar-refractivity contribution in [2.45, 2.75) is 32.1 Å². The Morgan fingerprint density at radius 1 is 0.963 bits per heavy atom. The molecule has 2 aromatic rings. The molecule has 144 valence electrons. The third-order valence-electron chi connectivity index (χ3n) is 5.45. The van der Waals surface area contributed by atoms with E-state index in [-0.39, 0.29) is 5.91 Å². The van der Waals surface area contributed by atoms with Gasteiger partial charge < -0.3 is 14.4 Å². The zero-order valence-electron chi connectivity index (χ0n) is 16.3. The molecule has 1 saturated heterocycles. The number of amides is 1. The molecule has 4 heteroatoms. The first-order chi connectivity index (χ1) is 13.2. The standard InChI is InChI=1S/C23H29NO3/c1-26-21-11-10-20(16-22(21)27-2)17-23(25)24-14-12-19(13-15-24)9-8-18-6-4-3-5-7-18/h3-7,10-11,16,19H,8-9,12-15,17H2,1-2H3. The Labute approximate surface area is 162 Å². The van der Waals surface area contributed by atoms with Crippen molar-refractivity contribution < 1.29 is 14.3 Å². The summed E-state index contributed by atoms with van der Waals surface area (Å²) in [4.78, 5) is 14.7. The van der Waals surface area contributed by atoms with E-state index in [1.165, 1.54) is 12.0 Å². The van der Waals surface area contributed by atoms with Crippen LogP contribution in [0.5, 0.6) is 11.5 Å². The van der Waals surface area contributed by atoms with E-state index in [1.807, 2.05) is 23.1 Å². The van der Waals surface area contributed by atoms with E-state index in [1.54, 1.807) is 14.2 Å². The van der Waals surface area contributed by atoms with E-state index < -0.39 is 0 Å². The Kier molecular flexibility index (Phi) is 6.74. The summed E-state index contributed by atoms with van der Waals surface area (Å²) < 4.78 is 10.6. The number of nitrogens with zero attached hydrogens (tertiary/aromatic N) is 1. The minimum atomic E-state index is 0.198. The van der Waals surface area contributed by atoms with Crippen molar-refractivity contribution in [3.63, 3.8) is 0 Å². The normalized spacial score (nSPS) is 14.8. The van der Waals surface area contributed by atoms with Crippen LogP contribution in [0.1, 0.15) is 30.4 Å². The summed E-state index contributed by atoms with van der Waals surface area (Å²) in [5.74, 6) is 2.27. The van der Waals surface area contributed by atoms with Crippen LogP contribution in [-0.2, 0) is 17.6 Å². The van der Waals surface area contributed by atoms with Crippen LogP contribution in [0.3, 0.4) is 0 Å². The number of ether oxygens (including phenoxy) is 2. The van der Waals surface area contributed by atoms with Gasteiger partial charge in [0, 0.05) is 13.1 Å². The number of hydrogen-bond acceptors (Lipinski definition) is 3. The maximum atomic E-state index is 12.7. The lowest BCUT2D eigenvalue weighted by Gasteiger charge is -2.32. The molecule has 0 saturated carbocycles. The van der Waals surface area contributed by atoms with Gasteiger partial charge >= 0.3 is 0 Å². The van der Waals surface area contributed by atoms with Gasteiger partial charge in [0.25, 0.3) is 0 Å². The average Bonchev–Trinajstić information content (AvgIpc) is 2.73. The molecule has 27 heavy (non-hydrogen) atoms. The second-order valence-electron chi connectivity index (χ2n) is 7.21. The molecule has 0 N–H and O–H groups in total. The average molecular weight is 367 g/mol. The van der Waals surface area contributed by atoms with E-state index in [0.717, 1.165) is 43.8 Å². The molecular weight excluding hydrogens is 338 g/mol. The Bertz CT molecular complexity index is 737. The molecule has 0 aromatic heterocycles. The first-order valence-electron chi connectivity index (χ1n) is 9.72. The lowest BCUT2D eigenvalue weighted by Crippen LogP contribution is -2.39. The fourth-order valence-corrected chi connectivity index (χ4v) is 3.76. The number of carbonyl (C=O) groups is 1.